The number of methoxy groups -OCH3 is 1. The Balaban J connectivity index is 0.00000180. The molecule has 0 spiro atoms. The Hall–Kier alpha value is -0.880. The lowest BCUT2D eigenvalue weighted by Gasteiger charge is -2.34. The van der Waals surface area contributed by atoms with Gasteiger partial charge in [0.2, 0.25) is 0 Å². The number of nitrogens with one attached hydrogen (secondary N) is 1. The van der Waals surface area contributed by atoms with E-state index >= 15 is 0 Å². The van der Waals surface area contributed by atoms with Gasteiger partial charge >= 0.3 is 0 Å². The topological polar surface area (TPSA) is 44.7 Å². The summed E-state index contributed by atoms with van der Waals surface area (Å²) in [5, 5.41) is 12.9. The Labute approximate surface area is 119 Å². The van der Waals surface area contributed by atoms with Crippen LogP contribution in [0, 0.1) is 5.82 Å². The largest absolute Gasteiger partial charge is 0.493 e. The summed E-state index contributed by atoms with van der Waals surface area (Å²) in [5.41, 5.74) is 0.710. The number of benzene rings is 1. The maximum Gasteiger partial charge on any atom is 0.165 e. The second-order valence-corrected chi connectivity index (χ2v) is 4.35. The standard InChI is InChI=1S/C13H19FN2O2.ClH/c1-18-13-10(3-2-4-11(13)14)12(9-17)16-7-5-15-6-8-16;/h2-4,12,15,17H,5-9H2,1H3;1H/t12-;/m0./s1. The fourth-order valence-electron chi connectivity index (χ4n) is 2.41. The fraction of sp³-hybridized carbons (Fsp3) is 0.538. The van der Waals surface area contributed by atoms with Gasteiger partial charge in [0.1, 0.15) is 0 Å². The Morgan fingerprint density at radius 1 is 1.42 bits per heavy atom. The third kappa shape index (κ3) is 3.57. The van der Waals surface area contributed by atoms with Gasteiger partial charge in [0.15, 0.2) is 11.6 Å². The average Bonchev–Trinajstić information content (AvgIpc) is 2.41. The molecule has 1 fully saturated rings. The van der Waals surface area contributed by atoms with Crippen LogP contribution in [0.1, 0.15) is 11.6 Å². The highest BCUT2D eigenvalue weighted by Gasteiger charge is 2.25. The minimum absolute atomic E-state index is 0. The molecule has 1 atom stereocenters. The molecule has 0 amide bonds. The molecule has 0 unspecified atom stereocenters. The normalized spacial score (nSPS) is 17.6. The highest BCUT2D eigenvalue weighted by Crippen LogP contribution is 2.31. The SMILES string of the molecule is COc1c(F)cccc1[C@H](CO)N1CCNCC1.Cl. The smallest absolute Gasteiger partial charge is 0.165 e. The molecule has 0 aliphatic carbocycles. The first kappa shape index (κ1) is 16.2. The first-order chi connectivity index (χ1) is 8.77. The van der Waals surface area contributed by atoms with Crippen molar-refractivity contribution < 1.29 is 14.2 Å². The van der Waals surface area contributed by atoms with Gasteiger partial charge < -0.3 is 15.2 Å². The Kier molecular flexibility index (Phi) is 6.51. The van der Waals surface area contributed by atoms with E-state index in [0.29, 0.717) is 5.56 Å². The number of nitrogens with zero attached hydrogens (tertiary/aromatic N) is 1. The molecule has 4 nitrogen and oxygen atoms in total. The number of rotatable bonds is 4. The van der Waals surface area contributed by atoms with E-state index < -0.39 is 0 Å². The third-order valence-electron chi connectivity index (χ3n) is 3.33. The fourth-order valence-corrected chi connectivity index (χ4v) is 2.41. The van der Waals surface area contributed by atoms with E-state index in [1.807, 2.05) is 6.07 Å². The summed E-state index contributed by atoms with van der Waals surface area (Å²) in [5.74, 6) is -0.154. The summed E-state index contributed by atoms with van der Waals surface area (Å²) < 4.78 is 18.8. The van der Waals surface area contributed by atoms with Gasteiger partial charge in [-0.2, -0.15) is 0 Å². The van der Waals surface area contributed by atoms with Gasteiger partial charge in [-0.25, -0.2) is 4.39 Å². The lowest BCUT2D eigenvalue weighted by molar-refractivity contribution is 0.108. The molecule has 108 valence electrons. The van der Waals surface area contributed by atoms with Crippen LogP contribution in [-0.2, 0) is 0 Å². The summed E-state index contributed by atoms with van der Waals surface area (Å²) in [4.78, 5) is 2.15. The maximum atomic E-state index is 13.7. The van der Waals surface area contributed by atoms with Crippen LogP contribution >= 0.6 is 12.4 Å². The molecule has 0 radical (unpaired) electrons. The molecule has 1 heterocycles. The number of piperazine rings is 1. The number of halogens is 2. The van der Waals surface area contributed by atoms with E-state index in [1.165, 1.54) is 13.2 Å². The van der Waals surface area contributed by atoms with Crippen LogP contribution in [0.5, 0.6) is 5.75 Å². The van der Waals surface area contributed by atoms with Gasteiger partial charge in [-0.05, 0) is 6.07 Å². The molecule has 0 bridgehead atoms. The minimum Gasteiger partial charge on any atom is -0.493 e. The number of hydrogen-bond acceptors (Lipinski definition) is 4. The quantitative estimate of drug-likeness (QED) is 0.874. The zero-order valence-corrected chi connectivity index (χ0v) is 11.8. The van der Waals surface area contributed by atoms with E-state index in [9.17, 15) is 9.50 Å². The van der Waals surface area contributed by atoms with Crippen molar-refractivity contribution in [1.82, 2.24) is 10.2 Å². The highest BCUT2D eigenvalue weighted by atomic mass is 35.5. The average molecular weight is 291 g/mol. The first-order valence-electron chi connectivity index (χ1n) is 6.16. The number of aliphatic hydroxyl groups excluding tert-OH is 1. The molecule has 2 N–H and O–H groups in total. The number of aliphatic hydroxyl groups is 1. The molecule has 2 rings (SSSR count). The maximum absolute atomic E-state index is 13.7. The van der Waals surface area contributed by atoms with E-state index in [-0.39, 0.29) is 36.6 Å². The zero-order chi connectivity index (χ0) is 13.0. The van der Waals surface area contributed by atoms with Crippen LogP contribution in [0.15, 0.2) is 18.2 Å². The van der Waals surface area contributed by atoms with E-state index in [4.69, 9.17) is 4.74 Å². The van der Waals surface area contributed by atoms with Crippen molar-refractivity contribution in [1.29, 1.82) is 0 Å². The molecular formula is C13H20ClFN2O2. The van der Waals surface area contributed by atoms with Crippen LogP contribution < -0.4 is 10.1 Å². The van der Waals surface area contributed by atoms with E-state index in [0.717, 1.165) is 26.2 Å². The van der Waals surface area contributed by atoms with Crippen molar-refractivity contribution in [3.8, 4) is 5.75 Å². The number of para-hydroxylation sites is 1. The lowest BCUT2D eigenvalue weighted by atomic mass is 10.0. The van der Waals surface area contributed by atoms with Crippen molar-refractivity contribution in [3.05, 3.63) is 29.6 Å². The Morgan fingerprint density at radius 3 is 2.68 bits per heavy atom. The van der Waals surface area contributed by atoms with Gasteiger partial charge in [-0.1, -0.05) is 12.1 Å². The second-order valence-electron chi connectivity index (χ2n) is 4.35. The van der Waals surface area contributed by atoms with Gasteiger partial charge in [-0.3, -0.25) is 4.90 Å². The van der Waals surface area contributed by atoms with Crippen molar-refractivity contribution in [2.45, 2.75) is 6.04 Å². The van der Waals surface area contributed by atoms with Gasteiger partial charge in [0.25, 0.3) is 0 Å². The van der Waals surface area contributed by atoms with Gasteiger partial charge in [0.05, 0.1) is 19.8 Å². The number of ether oxygens (including phenoxy) is 1. The van der Waals surface area contributed by atoms with Crippen molar-refractivity contribution >= 4 is 12.4 Å². The predicted octanol–water partition coefficient (Wildman–Crippen LogP) is 1.19. The molecule has 1 saturated heterocycles. The zero-order valence-electron chi connectivity index (χ0n) is 10.9. The second kappa shape index (κ2) is 7.65. The third-order valence-corrected chi connectivity index (χ3v) is 3.33. The lowest BCUT2D eigenvalue weighted by Crippen LogP contribution is -2.46. The molecule has 6 heteroatoms. The van der Waals surface area contributed by atoms with Crippen LogP contribution in [0.4, 0.5) is 4.39 Å². The summed E-state index contributed by atoms with van der Waals surface area (Å²) in [6.07, 6.45) is 0. The van der Waals surface area contributed by atoms with Crippen LogP contribution in [0.25, 0.3) is 0 Å². The molecule has 1 aromatic rings. The molecule has 1 aliphatic rings. The Morgan fingerprint density at radius 2 is 2.11 bits per heavy atom. The van der Waals surface area contributed by atoms with Crippen molar-refractivity contribution in [2.24, 2.45) is 0 Å². The molecule has 0 saturated carbocycles. The highest BCUT2D eigenvalue weighted by molar-refractivity contribution is 5.85. The molecule has 0 aromatic heterocycles. The number of hydrogen-bond donors (Lipinski definition) is 2. The molecule has 1 aliphatic heterocycles. The van der Waals surface area contributed by atoms with Crippen LogP contribution in [0.3, 0.4) is 0 Å². The summed E-state index contributed by atoms with van der Waals surface area (Å²) in [6.45, 7) is 3.40. The van der Waals surface area contributed by atoms with Crippen molar-refractivity contribution in [2.75, 3.05) is 39.9 Å². The molecular weight excluding hydrogens is 271 g/mol. The minimum atomic E-state index is -0.386. The van der Waals surface area contributed by atoms with Crippen molar-refractivity contribution in [3.63, 3.8) is 0 Å². The molecule has 1 aromatic carbocycles. The molecule has 19 heavy (non-hydrogen) atoms. The van der Waals surface area contributed by atoms with Gasteiger partial charge in [0, 0.05) is 31.7 Å². The summed E-state index contributed by atoms with van der Waals surface area (Å²) in [6, 6.07) is 4.62. The monoisotopic (exact) mass is 290 g/mol. The van der Waals surface area contributed by atoms with Gasteiger partial charge in [-0.15, -0.1) is 12.4 Å². The van der Waals surface area contributed by atoms with Crippen LogP contribution in [0.2, 0.25) is 0 Å². The van der Waals surface area contributed by atoms with E-state index in [1.54, 1.807) is 6.07 Å². The summed E-state index contributed by atoms with van der Waals surface area (Å²) in [7, 11) is 1.45. The Bertz CT molecular complexity index is 400. The van der Waals surface area contributed by atoms with Crippen LogP contribution in [-0.4, -0.2) is 49.9 Å². The van der Waals surface area contributed by atoms with E-state index in [2.05, 4.69) is 10.2 Å². The summed E-state index contributed by atoms with van der Waals surface area (Å²) >= 11 is 0. The first-order valence-corrected chi connectivity index (χ1v) is 6.16. The predicted molar refractivity (Wildman–Crippen MR) is 74.5 cm³/mol.